The van der Waals surface area contributed by atoms with E-state index in [1.807, 2.05) is 13.8 Å². The minimum atomic E-state index is -0.413. The van der Waals surface area contributed by atoms with E-state index in [2.05, 4.69) is 0 Å². The molecule has 18 heavy (non-hydrogen) atoms. The van der Waals surface area contributed by atoms with E-state index in [1.165, 1.54) is 16.8 Å². The van der Waals surface area contributed by atoms with Crippen molar-refractivity contribution in [3.05, 3.63) is 33.1 Å². The predicted octanol–water partition coefficient (Wildman–Crippen LogP) is 1.04. The first-order chi connectivity index (χ1) is 8.51. The summed E-state index contributed by atoms with van der Waals surface area (Å²) in [5.74, 6) is -0.206. The number of aromatic nitrogens is 2. The molecule has 0 radical (unpaired) electrons. The number of Topliss-reactive ketones (excluding diaryl/α,β-unsaturated/α-hetero) is 1. The van der Waals surface area contributed by atoms with Crippen LogP contribution in [0, 0.1) is 5.92 Å². The van der Waals surface area contributed by atoms with Crippen molar-refractivity contribution in [2.75, 3.05) is 0 Å². The van der Waals surface area contributed by atoms with Crippen molar-refractivity contribution in [2.24, 2.45) is 5.92 Å². The minimum Gasteiger partial charge on any atom is -0.300 e. The summed E-state index contributed by atoms with van der Waals surface area (Å²) < 4.78 is 2.48. The molecule has 5 heteroatoms. The fraction of sp³-hybridized carbons (Fsp3) is 0.615. The van der Waals surface area contributed by atoms with Crippen LogP contribution in [-0.2, 0) is 17.9 Å². The Morgan fingerprint density at radius 1 is 1.33 bits per heavy atom. The van der Waals surface area contributed by atoms with E-state index in [0.29, 0.717) is 13.0 Å². The van der Waals surface area contributed by atoms with Crippen LogP contribution in [0.25, 0.3) is 0 Å². The van der Waals surface area contributed by atoms with Crippen molar-refractivity contribution in [3.8, 4) is 0 Å². The molecule has 100 valence electrons. The Morgan fingerprint density at radius 3 is 2.56 bits per heavy atom. The van der Waals surface area contributed by atoms with E-state index in [9.17, 15) is 14.4 Å². The van der Waals surface area contributed by atoms with Crippen LogP contribution in [-0.4, -0.2) is 14.9 Å². The van der Waals surface area contributed by atoms with Gasteiger partial charge in [0.25, 0.3) is 5.56 Å². The quantitative estimate of drug-likeness (QED) is 0.760. The van der Waals surface area contributed by atoms with Crippen molar-refractivity contribution in [3.63, 3.8) is 0 Å². The second-order valence-corrected chi connectivity index (χ2v) is 4.49. The van der Waals surface area contributed by atoms with E-state index in [-0.39, 0.29) is 18.2 Å². The zero-order valence-corrected chi connectivity index (χ0v) is 11.2. The molecule has 1 aromatic rings. The number of carbonyl (C=O) groups is 1. The molecule has 0 N–H and O–H groups in total. The Balaban J connectivity index is 3.09. The summed E-state index contributed by atoms with van der Waals surface area (Å²) in [5.41, 5.74) is -0.815. The highest BCUT2D eigenvalue weighted by Gasteiger charge is 2.14. The Hall–Kier alpha value is -1.65. The van der Waals surface area contributed by atoms with Crippen molar-refractivity contribution < 1.29 is 4.79 Å². The van der Waals surface area contributed by atoms with Gasteiger partial charge in [0.1, 0.15) is 0 Å². The number of hydrogen-bond acceptors (Lipinski definition) is 3. The lowest BCUT2D eigenvalue weighted by Gasteiger charge is -2.11. The average molecular weight is 252 g/mol. The first-order valence-electron chi connectivity index (χ1n) is 6.34. The summed E-state index contributed by atoms with van der Waals surface area (Å²) in [5, 5.41) is 0. The molecule has 0 spiro atoms. The standard InChI is InChI=1S/C13H20N2O3/c1-4-7-14-8-6-12(17)15(13(14)18)9-11(16)10(3)5-2/h6,8,10H,4-5,7,9H2,1-3H3. The van der Waals surface area contributed by atoms with Crippen LogP contribution in [0.2, 0.25) is 0 Å². The molecule has 0 amide bonds. The van der Waals surface area contributed by atoms with Crippen LogP contribution >= 0.6 is 0 Å². The number of aryl methyl sites for hydroxylation is 1. The maximum atomic E-state index is 12.0. The lowest BCUT2D eigenvalue weighted by Crippen LogP contribution is -2.41. The Bertz CT molecular complexity index is 528. The van der Waals surface area contributed by atoms with Gasteiger partial charge in [0.05, 0.1) is 6.54 Å². The molecule has 0 aromatic carbocycles. The van der Waals surface area contributed by atoms with Gasteiger partial charge in [-0.25, -0.2) is 4.79 Å². The van der Waals surface area contributed by atoms with Crippen molar-refractivity contribution >= 4 is 5.78 Å². The molecule has 0 bridgehead atoms. The number of rotatable bonds is 6. The van der Waals surface area contributed by atoms with Gasteiger partial charge in [-0.05, 0) is 12.8 Å². The number of ketones is 1. The molecule has 0 saturated heterocycles. The van der Waals surface area contributed by atoms with Crippen molar-refractivity contribution in [1.29, 1.82) is 0 Å². The molecular formula is C13H20N2O3. The van der Waals surface area contributed by atoms with Gasteiger partial charge in [-0.2, -0.15) is 0 Å². The second kappa shape index (κ2) is 6.33. The number of nitrogens with zero attached hydrogens (tertiary/aromatic N) is 2. The first-order valence-corrected chi connectivity index (χ1v) is 6.34. The SMILES string of the molecule is CCCn1ccc(=O)n(CC(=O)C(C)CC)c1=O. The third-order valence-electron chi connectivity index (χ3n) is 3.08. The van der Waals surface area contributed by atoms with Crippen LogP contribution in [0.3, 0.4) is 0 Å². The molecule has 0 aliphatic heterocycles. The number of carbonyl (C=O) groups excluding carboxylic acids is 1. The Morgan fingerprint density at radius 2 is 2.00 bits per heavy atom. The summed E-state index contributed by atoms with van der Waals surface area (Å²) in [4.78, 5) is 35.4. The second-order valence-electron chi connectivity index (χ2n) is 4.49. The molecule has 0 aliphatic carbocycles. The minimum absolute atomic E-state index is 0.0778. The molecule has 0 fully saturated rings. The lowest BCUT2D eigenvalue weighted by molar-refractivity contribution is -0.123. The van der Waals surface area contributed by atoms with Crippen LogP contribution in [0.1, 0.15) is 33.6 Å². The molecule has 0 saturated carbocycles. The maximum absolute atomic E-state index is 12.0. The van der Waals surface area contributed by atoms with Gasteiger partial charge in [0.15, 0.2) is 5.78 Å². The highest BCUT2D eigenvalue weighted by atomic mass is 16.2. The van der Waals surface area contributed by atoms with Crippen molar-refractivity contribution in [1.82, 2.24) is 9.13 Å². The van der Waals surface area contributed by atoms with E-state index in [1.54, 1.807) is 6.92 Å². The zero-order chi connectivity index (χ0) is 13.7. The monoisotopic (exact) mass is 252 g/mol. The van der Waals surface area contributed by atoms with Crippen LogP contribution in [0.15, 0.2) is 21.9 Å². The predicted molar refractivity (Wildman–Crippen MR) is 69.7 cm³/mol. The van der Waals surface area contributed by atoms with Gasteiger partial charge >= 0.3 is 5.69 Å². The van der Waals surface area contributed by atoms with Gasteiger partial charge in [-0.3, -0.25) is 14.2 Å². The van der Waals surface area contributed by atoms with Crippen LogP contribution in [0.4, 0.5) is 0 Å². The normalized spacial score (nSPS) is 12.4. The van der Waals surface area contributed by atoms with Gasteiger partial charge < -0.3 is 4.57 Å². The van der Waals surface area contributed by atoms with Gasteiger partial charge in [-0.1, -0.05) is 20.8 Å². The highest BCUT2D eigenvalue weighted by Crippen LogP contribution is 2.02. The molecular weight excluding hydrogens is 232 g/mol. The molecule has 1 unspecified atom stereocenters. The van der Waals surface area contributed by atoms with E-state index >= 15 is 0 Å². The molecule has 1 rings (SSSR count). The van der Waals surface area contributed by atoms with Crippen LogP contribution in [0.5, 0.6) is 0 Å². The van der Waals surface area contributed by atoms with Gasteiger partial charge in [-0.15, -0.1) is 0 Å². The summed E-state index contributed by atoms with van der Waals surface area (Å²) in [6.07, 6.45) is 3.00. The topological polar surface area (TPSA) is 61.1 Å². The molecule has 5 nitrogen and oxygen atoms in total. The first kappa shape index (κ1) is 14.4. The smallest absolute Gasteiger partial charge is 0.300 e. The molecule has 1 aromatic heterocycles. The summed E-state index contributed by atoms with van der Waals surface area (Å²) in [6.45, 7) is 6.09. The number of hydrogen-bond donors (Lipinski definition) is 0. The van der Waals surface area contributed by atoms with E-state index in [4.69, 9.17) is 0 Å². The summed E-state index contributed by atoms with van der Waals surface area (Å²) >= 11 is 0. The summed E-state index contributed by atoms with van der Waals surface area (Å²) in [6, 6.07) is 1.33. The zero-order valence-electron chi connectivity index (χ0n) is 11.2. The van der Waals surface area contributed by atoms with Gasteiger partial charge in [0, 0.05) is 24.7 Å². The Labute approximate surface area is 106 Å². The molecule has 1 atom stereocenters. The van der Waals surface area contributed by atoms with E-state index < -0.39 is 11.2 Å². The fourth-order valence-electron chi connectivity index (χ4n) is 1.65. The third-order valence-corrected chi connectivity index (χ3v) is 3.08. The largest absolute Gasteiger partial charge is 0.331 e. The molecule has 1 heterocycles. The van der Waals surface area contributed by atoms with Crippen LogP contribution < -0.4 is 11.2 Å². The summed E-state index contributed by atoms with van der Waals surface area (Å²) in [7, 11) is 0. The highest BCUT2D eigenvalue weighted by molar-refractivity contribution is 5.80. The third kappa shape index (κ3) is 3.18. The molecule has 0 aliphatic rings. The van der Waals surface area contributed by atoms with E-state index in [0.717, 1.165) is 11.0 Å². The average Bonchev–Trinajstić information content (AvgIpc) is 2.36. The lowest BCUT2D eigenvalue weighted by atomic mass is 10.0. The Kier molecular flexibility index (Phi) is 5.07. The van der Waals surface area contributed by atoms with Gasteiger partial charge in [0.2, 0.25) is 0 Å². The van der Waals surface area contributed by atoms with Crippen molar-refractivity contribution in [2.45, 2.75) is 46.7 Å². The maximum Gasteiger partial charge on any atom is 0.331 e. The fourth-order valence-corrected chi connectivity index (χ4v) is 1.65.